The summed E-state index contributed by atoms with van der Waals surface area (Å²) in [7, 11) is 3.31. The zero-order valence-corrected chi connectivity index (χ0v) is 18.2. The van der Waals surface area contributed by atoms with Crippen LogP contribution in [0.2, 0.25) is 0 Å². The largest absolute Gasteiger partial charge is 0.497 e. The van der Waals surface area contributed by atoms with Gasteiger partial charge in [0.05, 0.1) is 36.5 Å². The van der Waals surface area contributed by atoms with Crippen LogP contribution in [0, 0.1) is 6.92 Å². The van der Waals surface area contributed by atoms with E-state index in [1.807, 2.05) is 48.3 Å². The number of benzene rings is 2. The topological polar surface area (TPSA) is 64.0 Å². The van der Waals surface area contributed by atoms with E-state index in [4.69, 9.17) is 14.6 Å². The van der Waals surface area contributed by atoms with E-state index in [0.717, 1.165) is 45.6 Å². The summed E-state index contributed by atoms with van der Waals surface area (Å²) in [6, 6.07) is 15.9. The Morgan fingerprint density at radius 1 is 1.03 bits per heavy atom. The quantitative estimate of drug-likeness (QED) is 0.523. The summed E-state index contributed by atoms with van der Waals surface area (Å²) < 4.78 is 10.6. The second-order valence-corrected chi connectivity index (χ2v) is 8.06. The van der Waals surface area contributed by atoms with E-state index in [-0.39, 0.29) is 11.8 Å². The van der Waals surface area contributed by atoms with Crippen LogP contribution >= 0.6 is 11.3 Å². The van der Waals surface area contributed by atoms with E-state index in [0.29, 0.717) is 4.88 Å². The third-order valence-corrected chi connectivity index (χ3v) is 6.38. The first kappa shape index (κ1) is 20.1. The van der Waals surface area contributed by atoms with Crippen molar-refractivity contribution in [2.75, 3.05) is 19.2 Å². The lowest BCUT2D eigenvalue weighted by atomic mass is 9.98. The highest BCUT2D eigenvalue weighted by Gasteiger charge is 2.32. The summed E-state index contributed by atoms with van der Waals surface area (Å²) in [5.74, 6) is 1.64. The number of ketones is 1. The van der Waals surface area contributed by atoms with Crippen LogP contribution in [0.5, 0.6) is 11.5 Å². The van der Waals surface area contributed by atoms with Crippen molar-refractivity contribution < 1.29 is 14.3 Å². The minimum absolute atomic E-state index is 0.0154. The number of hydrogen-bond donors (Lipinski definition) is 0. The molecular formula is C23H23N3O3S. The smallest absolute Gasteiger partial charge is 0.207 e. The molecule has 1 atom stereocenters. The molecule has 1 unspecified atom stereocenters. The molecule has 0 aliphatic carbocycles. The molecule has 7 heteroatoms. The lowest BCUT2D eigenvalue weighted by Crippen LogP contribution is -2.18. The van der Waals surface area contributed by atoms with Crippen molar-refractivity contribution in [3.05, 3.63) is 70.2 Å². The number of methoxy groups -OCH3 is 2. The van der Waals surface area contributed by atoms with Gasteiger partial charge in [-0.25, -0.2) is 9.99 Å². The van der Waals surface area contributed by atoms with E-state index in [1.54, 1.807) is 21.1 Å². The predicted molar refractivity (Wildman–Crippen MR) is 119 cm³/mol. The number of Topliss-reactive ketones (excluding diaryl/α,β-unsaturated/α-hetero) is 1. The molecule has 0 saturated heterocycles. The van der Waals surface area contributed by atoms with Crippen LogP contribution in [0.3, 0.4) is 0 Å². The Morgan fingerprint density at radius 3 is 2.17 bits per heavy atom. The van der Waals surface area contributed by atoms with Gasteiger partial charge < -0.3 is 9.47 Å². The number of aromatic nitrogens is 1. The van der Waals surface area contributed by atoms with Crippen molar-refractivity contribution in [2.45, 2.75) is 26.3 Å². The van der Waals surface area contributed by atoms with Crippen molar-refractivity contribution in [2.24, 2.45) is 5.10 Å². The van der Waals surface area contributed by atoms with Gasteiger partial charge >= 0.3 is 0 Å². The molecule has 3 aromatic rings. The Bertz CT molecular complexity index is 1090. The highest BCUT2D eigenvalue weighted by molar-refractivity contribution is 7.17. The summed E-state index contributed by atoms with van der Waals surface area (Å²) in [6.45, 7) is 3.44. The summed E-state index contributed by atoms with van der Waals surface area (Å²) in [4.78, 5) is 17.3. The monoisotopic (exact) mass is 421 g/mol. The van der Waals surface area contributed by atoms with E-state index in [9.17, 15) is 4.79 Å². The minimum Gasteiger partial charge on any atom is -0.497 e. The van der Waals surface area contributed by atoms with Crippen LogP contribution in [0.1, 0.15) is 45.9 Å². The van der Waals surface area contributed by atoms with Crippen LogP contribution < -0.4 is 14.5 Å². The molecule has 1 aromatic heterocycles. The van der Waals surface area contributed by atoms with Crippen LogP contribution in [-0.2, 0) is 0 Å². The molecule has 0 amide bonds. The standard InChI is InChI=1S/C23H23N3O3S/c1-14-22(15(2)27)30-23(24-14)26-21(17-7-11-19(29-4)12-8-17)13-20(25-26)16-5-9-18(28-3)10-6-16/h5-12,21H,13H2,1-4H3. The molecule has 6 nitrogen and oxygen atoms in total. The number of aryl methyl sites for hydroxylation is 1. The van der Waals surface area contributed by atoms with Crippen LogP contribution in [0.15, 0.2) is 53.6 Å². The molecule has 0 bridgehead atoms. The maximum absolute atomic E-state index is 12.0. The van der Waals surface area contributed by atoms with E-state index in [1.165, 1.54) is 11.3 Å². The Hall–Kier alpha value is -3.19. The van der Waals surface area contributed by atoms with Gasteiger partial charge in [-0.2, -0.15) is 5.10 Å². The molecule has 1 aliphatic rings. The van der Waals surface area contributed by atoms with Crippen molar-refractivity contribution in [1.29, 1.82) is 0 Å². The van der Waals surface area contributed by atoms with Crippen LogP contribution in [0.4, 0.5) is 5.13 Å². The number of carbonyl (C=O) groups is 1. The number of carbonyl (C=O) groups excluding carboxylic acids is 1. The van der Waals surface area contributed by atoms with Crippen molar-refractivity contribution >= 4 is 28.0 Å². The van der Waals surface area contributed by atoms with Gasteiger partial charge in [-0.3, -0.25) is 4.79 Å². The minimum atomic E-state index is -0.0154. The first-order valence-corrected chi connectivity index (χ1v) is 10.4. The molecule has 1 aliphatic heterocycles. The van der Waals surface area contributed by atoms with Gasteiger partial charge in [0, 0.05) is 13.3 Å². The number of nitrogens with zero attached hydrogens (tertiary/aromatic N) is 3. The Morgan fingerprint density at radius 2 is 1.63 bits per heavy atom. The van der Waals surface area contributed by atoms with Crippen LogP contribution in [-0.4, -0.2) is 30.7 Å². The Labute approximate surface area is 179 Å². The molecule has 0 radical (unpaired) electrons. The van der Waals surface area contributed by atoms with E-state index >= 15 is 0 Å². The second-order valence-electron chi connectivity index (χ2n) is 7.08. The van der Waals surface area contributed by atoms with E-state index in [2.05, 4.69) is 17.1 Å². The average molecular weight is 422 g/mol. The zero-order chi connectivity index (χ0) is 21.3. The fourth-order valence-electron chi connectivity index (χ4n) is 3.54. The molecular weight excluding hydrogens is 398 g/mol. The van der Waals surface area contributed by atoms with Gasteiger partial charge in [0.2, 0.25) is 5.13 Å². The fraction of sp³-hybridized carbons (Fsp3) is 0.261. The van der Waals surface area contributed by atoms with Crippen LogP contribution in [0.25, 0.3) is 0 Å². The van der Waals surface area contributed by atoms with Gasteiger partial charge in [-0.1, -0.05) is 23.5 Å². The molecule has 30 heavy (non-hydrogen) atoms. The molecule has 0 fully saturated rings. The van der Waals surface area contributed by atoms with Gasteiger partial charge in [-0.15, -0.1) is 0 Å². The first-order valence-electron chi connectivity index (χ1n) is 9.63. The fourth-order valence-corrected chi connectivity index (χ4v) is 4.50. The first-order chi connectivity index (χ1) is 14.5. The molecule has 2 aromatic carbocycles. The average Bonchev–Trinajstić information content (AvgIpc) is 3.38. The zero-order valence-electron chi connectivity index (χ0n) is 17.4. The number of rotatable bonds is 6. The summed E-state index contributed by atoms with van der Waals surface area (Å²) in [5.41, 5.74) is 3.86. The maximum atomic E-state index is 12.0. The number of thiazole rings is 1. The van der Waals surface area contributed by atoms with Crippen molar-refractivity contribution in [3.8, 4) is 11.5 Å². The number of hydrogen-bond acceptors (Lipinski definition) is 7. The van der Waals surface area contributed by atoms with Gasteiger partial charge in [-0.05, 0) is 54.4 Å². The number of ether oxygens (including phenoxy) is 2. The summed E-state index contributed by atoms with van der Waals surface area (Å²) >= 11 is 1.39. The second kappa shape index (κ2) is 8.28. The summed E-state index contributed by atoms with van der Waals surface area (Å²) in [5, 5.41) is 7.57. The third-order valence-electron chi connectivity index (χ3n) is 5.14. The molecule has 2 heterocycles. The van der Waals surface area contributed by atoms with Gasteiger partial charge in [0.15, 0.2) is 5.78 Å². The maximum Gasteiger partial charge on any atom is 0.207 e. The highest BCUT2D eigenvalue weighted by Crippen LogP contribution is 2.40. The van der Waals surface area contributed by atoms with Crippen molar-refractivity contribution in [3.63, 3.8) is 0 Å². The highest BCUT2D eigenvalue weighted by atomic mass is 32.1. The molecule has 0 saturated carbocycles. The third kappa shape index (κ3) is 3.80. The Balaban J connectivity index is 1.74. The lowest BCUT2D eigenvalue weighted by Gasteiger charge is -2.21. The normalized spacial score (nSPS) is 15.8. The van der Waals surface area contributed by atoms with Gasteiger partial charge in [0.25, 0.3) is 0 Å². The molecule has 0 spiro atoms. The van der Waals surface area contributed by atoms with Gasteiger partial charge in [0.1, 0.15) is 11.5 Å². The SMILES string of the molecule is COc1ccc(C2=NN(c3nc(C)c(C(C)=O)s3)C(c3ccc(OC)cc3)C2)cc1. The summed E-state index contributed by atoms with van der Waals surface area (Å²) in [6.07, 6.45) is 0.729. The number of hydrazone groups is 1. The molecule has 4 rings (SSSR count). The lowest BCUT2D eigenvalue weighted by molar-refractivity contribution is 0.102. The number of anilines is 1. The Kier molecular flexibility index (Phi) is 5.55. The molecule has 154 valence electrons. The molecule has 0 N–H and O–H groups in total. The predicted octanol–water partition coefficient (Wildman–Crippen LogP) is 5.03. The van der Waals surface area contributed by atoms with Crippen molar-refractivity contribution in [1.82, 2.24) is 4.98 Å². The van der Waals surface area contributed by atoms with E-state index < -0.39 is 0 Å².